The lowest BCUT2D eigenvalue weighted by Gasteiger charge is -2.02. The normalized spacial score (nSPS) is 10.2. The van der Waals surface area contributed by atoms with Crippen LogP contribution in [0.15, 0.2) is 16.9 Å². The molecule has 2 N–H and O–H groups in total. The molecule has 0 saturated carbocycles. The third-order valence-electron chi connectivity index (χ3n) is 1.57. The van der Waals surface area contributed by atoms with Crippen LogP contribution < -0.4 is 11.3 Å². The van der Waals surface area contributed by atoms with Gasteiger partial charge in [0.1, 0.15) is 0 Å². The van der Waals surface area contributed by atoms with E-state index in [-0.39, 0.29) is 5.56 Å². The van der Waals surface area contributed by atoms with Crippen LogP contribution in [0.1, 0.15) is 19.0 Å². The summed E-state index contributed by atoms with van der Waals surface area (Å²) in [5.74, 6) is 0. The zero-order valence-corrected chi connectivity index (χ0v) is 7.16. The second kappa shape index (κ2) is 4.01. The van der Waals surface area contributed by atoms with Crippen LogP contribution in [-0.4, -0.2) is 9.78 Å². The number of rotatable bonds is 3. The van der Waals surface area contributed by atoms with Crippen LogP contribution in [0.25, 0.3) is 0 Å². The van der Waals surface area contributed by atoms with E-state index in [9.17, 15) is 4.79 Å². The molecule has 1 heterocycles. The van der Waals surface area contributed by atoms with Gasteiger partial charge < -0.3 is 5.73 Å². The van der Waals surface area contributed by atoms with Gasteiger partial charge in [0.15, 0.2) is 0 Å². The van der Waals surface area contributed by atoms with Gasteiger partial charge >= 0.3 is 0 Å². The van der Waals surface area contributed by atoms with Gasteiger partial charge in [-0.1, -0.05) is 6.92 Å². The highest BCUT2D eigenvalue weighted by Gasteiger charge is 1.96. The van der Waals surface area contributed by atoms with Gasteiger partial charge in [-0.15, -0.1) is 0 Å². The van der Waals surface area contributed by atoms with E-state index >= 15 is 0 Å². The van der Waals surface area contributed by atoms with E-state index in [2.05, 4.69) is 5.10 Å². The Kier molecular flexibility index (Phi) is 2.99. The Morgan fingerprint density at radius 1 is 1.58 bits per heavy atom. The first-order valence-electron chi connectivity index (χ1n) is 4.05. The van der Waals surface area contributed by atoms with E-state index in [1.54, 1.807) is 6.07 Å². The Morgan fingerprint density at radius 3 is 2.92 bits per heavy atom. The van der Waals surface area contributed by atoms with Crippen molar-refractivity contribution in [3.63, 3.8) is 0 Å². The molecule has 0 aliphatic rings. The Balaban J connectivity index is 3.00. The zero-order valence-electron chi connectivity index (χ0n) is 7.16. The second-order valence-corrected chi connectivity index (χ2v) is 2.59. The van der Waals surface area contributed by atoms with E-state index in [0.29, 0.717) is 13.1 Å². The quantitative estimate of drug-likeness (QED) is 0.695. The lowest BCUT2D eigenvalue weighted by atomic mass is 10.4. The summed E-state index contributed by atoms with van der Waals surface area (Å²) in [7, 11) is 0. The third kappa shape index (κ3) is 1.92. The van der Waals surface area contributed by atoms with Crippen LogP contribution in [0.3, 0.4) is 0 Å². The van der Waals surface area contributed by atoms with Gasteiger partial charge in [0.2, 0.25) is 0 Å². The largest absolute Gasteiger partial charge is 0.325 e. The smallest absolute Gasteiger partial charge is 0.266 e. The van der Waals surface area contributed by atoms with Gasteiger partial charge in [-0.25, -0.2) is 4.68 Å². The summed E-state index contributed by atoms with van der Waals surface area (Å²) in [5.41, 5.74) is 6.08. The van der Waals surface area contributed by atoms with Gasteiger partial charge in [0.05, 0.1) is 5.69 Å². The topological polar surface area (TPSA) is 60.9 Å². The van der Waals surface area contributed by atoms with Crippen molar-refractivity contribution in [2.75, 3.05) is 0 Å². The van der Waals surface area contributed by atoms with Crippen molar-refractivity contribution in [3.05, 3.63) is 28.2 Å². The molecular weight excluding hydrogens is 154 g/mol. The fourth-order valence-electron chi connectivity index (χ4n) is 0.972. The van der Waals surface area contributed by atoms with Gasteiger partial charge in [0, 0.05) is 19.2 Å². The highest BCUT2D eigenvalue weighted by Crippen LogP contribution is 1.88. The van der Waals surface area contributed by atoms with Crippen LogP contribution in [-0.2, 0) is 13.1 Å². The Hall–Kier alpha value is -1.16. The van der Waals surface area contributed by atoms with Gasteiger partial charge in [-0.2, -0.15) is 5.10 Å². The number of nitrogens with zero attached hydrogens (tertiary/aromatic N) is 2. The molecule has 4 heteroatoms. The molecule has 1 aromatic rings. The van der Waals surface area contributed by atoms with Crippen LogP contribution in [0.4, 0.5) is 0 Å². The third-order valence-corrected chi connectivity index (χ3v) is 1.57. The summed E-state index contributed by atoms with van der Waals surface area (Å²) >= 11 is 0. The molecule has 0 saturated heterocycles. The summed E-state index contributed by atoms with van der Waals surface area (Å²) in [5, 5.41) is 4.06. The fourth-order valence-corrected chi connectivity index (χ4v) is 0.972. The lowest BCUT2D eigenvalue weighted by molar-refractivity contribution is 0.555. The molecule has 0 aliphatic heterocycles. The maximum Gasteiger partial charge on any atom is 0.266 e. The Bertz CT molecular complexity index is 305. The van der Waals surface area contributed by atoms with Crippen molar-refractivity contribution in [1.29, 1.82) is 0 Å². The van der Waals surface area contributed by atoms with E-state index < -0.39 is 0 Å². The molecule has 0 atom stereocenters. The molecule has 4 nitrogen and oxygen atoms in total. The molecule has 12 heavy (non-hydrogen) atoms. The van der Waals surface area contributed by atoms with Crippen molar-refractivity contribution in [3.8, 4) is 0 Å². The van der Waals surface area contributed by atoms with Crippen LogP contribution in [0.5, 0.6) is 0 Å². The van der Waals surface area contributed by atoms with E-state index in [0.717, 1.165) is 12.1 Å². The van der Waals surface area contributed by atoms with Gasteiger partial charge in [0.25, 0.3) is 5.56 Å². The Morgan fingerprint density at radius 2 is 2.33 bits per heavy atom. The van der Waals surface area contributed by atoms with Crippen LogP contribution >= 0.6 is 0 Å². The molecule has 0 amide bonds. The van der Waals surface area contributed by atoms with Crippen molar-refractivity contribution in [1.82, 2.24) is 9.78 Å². The summed E-state index contributed by atoms with van der Waals surface area (Å²) in [4.78, 5) is 11.1. The van der Waals surface area contributed by atoms with E-state index in [1.807, 2.05) is 6.92 Å². The predicted octanol–water partition coefficient (Wildman–Crippen LogP) is 0.112. The number of hydrogen-bond acceptors (Lipinski definition) is 3. The maximum absolute atomic E-state index is 11.1. The molecule has 0 spiro atoms. The van der Waals surface area contributed by atoms with Crippen molar-refractivity contribution in [2.24, 2.45) is 5.73 Å². The van der Waals surface area contributed by atoms with Crippen molar-refractivity contribution < 1.29 is 0 Å². The SMILES string of the molecule is CCCn1nc(CN)ccc1=O. The first-order chi connectivity index (χ1) is 5.77. The minimum Gasteiger partial charge on any atom is -0.325 e. The standard InChI is InChI=1S/C8H13N3O/c1-2-5-11-8(12)4-3-7(6-9)10-11/h3-4H,2,5-6,9H2,1H3. The number of aryl methyl sites for hydroxylation is 1. The van der Waals surface area contributed by atoms with Crippen LogP contribution in [0.2, 0.25) is 0 Å². The number of nitrogens with two attached hydrogens (primary N) is 1. The van der Waals surface area contributed by atoms with Crippen molar-refractivity contribution in [2.45, 2.75) is 26.4 Å². The minimum absolute atomic E-state index is 0.0611. The van der Waals surface area contributed by atoms with Crippen LogP contribution in [0, 0.1) is 0 Å². The summed E-state index contributed by atoms with van der Waals surface area (Å²) in [6, 6.07) is 3.17. The summed E-state index contributed by atoms with van der Waals surface area (Å²) in [6.07, 6.45) is 0.904. The molecule has 1 rings (SSSR count). The first-order valence-corrected chi connectivity index (χ1v) is 4.05. The molecule has 66 valence electrons. The summed E-state index contributed by atoms with van der Waals surface area (Å²) in [6.45, 7) is 3.04. The molecule has 0 aromatic carbocycles. The highest BCUT2D eigenvalue weighted by atomic mass is 16.1. The molecule has 1 aromatic heterocycles. The average Bonchev–Trinajstić information content (AvgIpc) is 2.09. The molecule has 0 radical (unpaired) electrons. The van der Waals surface area contributed by atoms with Gasteiger partial charge in [-0.3, -0.25) is 4.79 Å². The summed E-state index contributed by atoms with van der Waals surface area (Å²) < 4.78 is 1.45. The number of aromatic nitrogens is 2. The monoisotopic (exact) mass is 167 g/mol. The van der Waals surface area contributed by atoms with Crippen molar-refractivity contribution >= 4 is 0 Å². The Labute approximate surface area is 71.0 Å². The second-order valence-electron chi connectivity index (χ2n) is 2.59. The molecule has 0 aliphatic carbocycles. The highest BCUT2D eigenvalue weighted by molar-refractivity contribution is 4.99. The van der Waals surface area contributed by atoms with E-state index in [4.69, 9.17) is 5.73 Å². The molecule has 0 fully saturated rings. The lowest BCUT2D eigenvalue weighted by Crippen LogP contribution is -2.23. The molecule has 0 unspecified atom stereocenters. The maximum atomic E-state index is 11.1. The molecule has 0 bridgehead atoms. The molecular formula is C8H13N3O. The van der Waals surface area contributed by atoms with Gasteiger partial charge in [-0.05, 0) is 12.5 Å². The minimum atomic E-state index is -0.0611. The zero-order chi connectivity index (χ0) is 8.97. The predicted molar refractivity (Wildman–Crippen MR) is 46.7 cm³/mol. The van der Waals surface area contributed by atoms with E-state index in [1.165, 1.54) is 10.7 Å². The first kappa shape index (κ1) is 8.93. The fraction of sp³-hybridized carbons (Fsp3) is 0.500. The number of hydrogen-bond donors (Lipinski definition) is 1. The average molecular weight is 167 g/mol.